The van der Waals surface area contributed by atoms with Crippen molar-refractivity contribution >= 4 is 27.5 Å². The third-order valence-electron chi connectivity index (χ3n) is 6.97. The molecule has 0 bridgehead atoms. The molecule has 9 heteroatoms. The first kappa shape index (κ1) is 26.0. The molecule has 0 aromatic heterocycles. The van der Waals surface area contributed by atoms with Gasteiger partial charge in [-0.2, -0.15) is 0 Å². The van der Waals surface area contributed by atoms with Crippen LogP contribution in [0.1, 0.15) is 54.9 Å². The van der Waals surface area contributed by atoms with Crippen molar-refractivity contribution in [3.05, 3.63) is 53.6 Å². The lowest BCUT2D eigenvalue weighted by Gasteiger charge is -2.35. The van der Waals surface area contributed by atoms with Gasteiger partial charge in [0.1, 0.15) is 5.75 Å². The van der Waals surface area contributed by atoms with E-state index >= 15 is 0 Å². The van der Waals surface area contributed by atoms with E-state index in [0.717, 1.165) is 25.9 Å². The van der Waals surface area contributed by atoms with Crippen LogP contribution < -0.4 is 9.46 Å². The lowest BCUT2D eigenvalue weighted by molar-refractivity contribution is -0.137. The molecule has 2 aliphatic rings. The van der Waals surface area contributed by atoms with E-state index in [1.165, 1.54) is 18.6 Å². The van der Waals surface area contributed by atoms with Crippen molar-refractivity contribution < 1.29 is 22.7 Å². The van der Waals surface area contributed by atoms with Gasteiger partial charge in [-0.05, 0) is 87.9 Å². The van der Waals surface area contributed by atoms with Gasteiger partial charge in [-0.15, -0.1) is 0 Å². The summed E-state index contributed by atoms with van der Waals surface area (Å²) < 4.78 is 34.0. The van der Waals surface area contributed by atoms with Crippen LogP contribution in [0.5, 0.6) is 5.75 Å². The summed E-state index contributed by atoms with van der Waals surface area (Å²) in [5.41, 5.74) is 1.49. The van der Waals surface area contributed by atoms with E-state index in [1.54, 1.807) is 42.2 Å². The minimum absolute atomic E-state index is 0.0282. The van der Waals surface area contributed by atoms with Crippen molar-refractivity contribution in [2.24, 2.45) is 5.92 Å². The Labute approximate surface area is 213 Å². The Hall–Kier alpha value is -3.07. The third-order valence-corrected chi connectivity index (χ3v) is 8.35. The number of anilines is 1. The first-order valence-electron chi connectivity index (χ1n) is 12.7. The molecule has 0 unspecified atom stereocenters. The Bertz CT molecular complexity index is 1180. The molecule has 0 atom stereocenters. The summed E-state index contributed by atoms with van der Waals surface area (Å²) in [7, 11) is -3.89. The smallest absolute Gasteiger partial charge is 0.261 e. The number of nitrogens with zero attached hydrogens (tertiary/aromatic N) is 2. The summed E-state index contributed by atoms with van der Waals surface area (Å²) >= 11 is 0. The van der Waals surface area contributed by atoms with Crippen LogP contribution >= 0.6 is 0 Å². The van der Waals surface area contributed by atoms with Crippen LogP contribution in [0.2, 0.25) is 0 Å². The summed E-state index contributed by atoms with van der Waals surface area (Å²) in [6.07, 6.45) is 4.58. The van der Waals surface area contributed by atoms with Gasteiger partial charge in [-0.1, -0.05) is 6.07 Å². The van der Waals surface area contributed by atoms with Crippen molar-refractivity contribution in [3.63, 3.8) is 0 Å². The van der Waals surface area contributed by atoms with Crippen LogP contribution in [0.4, 0.5) is 5.69 Å². The van der Waals surface area contributed by atoms with E-state index in [4.69, 9.17) is 4.74 Å². The number of likely N-dealkylation sites (tertiary alicyclic amines) is 2. The fraction of sp³-hybridized carbons (Fsp3) is 0.481. The Kier molecular flexibility index (Phi) is 8.18. The zero-order chi connectivity index (χ0) is 25.7. The molecule has 0 aliphatic carbocycles. The lowest BCUT2D eigenvalue weighted by atomic mass is 9.93. The summed E-state index contributed by atoms with van der Waals surface area (Å²) in [5.74, 6) is 0.629. The zero-order valence-electron chi connectivity index (χ0n) is 21.0. The fourth-order valence-electron chi connectivity index (χ4n) is 4.87. The van der Waals surface area contributed by atoms with Gasteiger partial charge in [-0.25, -0.2) is 8.42 Å². The van der Waals surface area contributed by atoms with Crippen molar-refractivity contribution in [2.75, 3.05) is 37.5 Å². The predicted molar refractivity (Wildman–Crippen MR) is 139 cm³/mol. The Morgan fingerprint density at radius 1 is 0.944 bits per heavy atom. The highest BCUT2D eigenvalue weighted by Crippen LogP contribution is 2.26. The maximum absolute atomic E-state index is 13.3. The molecule has 2 aromatic carbocycles. The molecule has 2 fully saturated rings. The summed E-state index contributed by atoms with van der Waals surface area (Å²) in [4.78, 5) is 29.9. The summed E-state index contributed by atoms with van der Waals surface area (Å²) in [6, 6.07) is 11.3. The van der Waals surface area contributed by atoms with Gasteiger partial charge < -0.3 is 14.5 Å². The van der Waals surface area contributed by atoms with Gasteiger partial charge in [0.05, 0.1) is 11.5 Å². The van der Waals surface area contributed by atoms with Gasteiger partial charge in [0.2, 0.25) is 5.91 Å². The molecular weight excluding hydrogens is 478 g/mol. The number of hydrogen-bond donors (Lipinski definition) is 1. The number of carbonyl (C=O) groups is 2. The van der Waals surface area contributed by atoms with Crippen LogP contribution in [0, 0.1) is 12.8 Å². The molecule has 194 valence electrons. The van der Waals surface area contributed by atoms with Crippen LogP contribution in [-0.2, 0) is 14.8 Å². The molecule has 0 radical (unpaired) electrons. The van der Waals surface area contributed by atoms with Crippen molar-refractivity contribution in [2.45, 2.75) is 50.8 Å². The average molecular weight is 514 g/mol. The normalized spacial score (nSPS) is 17.1. The number of sulfonamides is 1. The van der Waals surface area contributed by atoms with E-state index in [9.17, 15) is 18.0 Å². The van der Waals surface area contributed by atoms with Gasteiger partial charge in [0.15, 0.2) is 0 Å². The van der Waals surface area contributed by atoms with E-state index in [0.29, 0.717) is 55.1 Å². The minimum Gasteiger partial charge on any atom is -0.494 e. The van der Waals surface area contributed by atoms with Crippen LogP contribution in [0.3, 0.4) is 0 Å². The molecule has 36 heavy (non-hydrogen) atoms. The monoisotopic (exact) mass is 513 g/mol. The largest absolute Gasteiger partial charge is 0.494 e. The van der Waals surface area contributed by atoms with Gasteiger partial charge in [0.25, 0.3) is 15.9 Å². The van der Waals surface area contributed by atoms with Crippen LogP contribution in [0.25, 0.3) is 0 Å². The SMILES string of the molecule is CCOc1ccc(NS(=O)(=O)c2ccc(C)c(C(=O)N3CCC(C(=O)N4CCCCC4)CC3)c2)cc1. The van der Waals surface area contributed by atoms with Gasteiger partial charge in [-0.3, -0.25) is 14.3 Å². The van der Waals surface area contributed by atoms with Crippen molar-refractivity contribution in [1.82, 2.24) is 9.80 Å². The lowest BCUT2D eigenvalue weighted by Crippen LogP contribution is -2.45. The molecule has 2 saturated heterocycles. The Balaban J connectivity index is 1.42. The molecule has 2 aromatic rings. The second kappa shape index (κ2) is 11.3. The number of benzene rings is 2. The molecule has 2 amide bonds. The fourth-order valence-corrected chi connectivity index (χ4v) is 5.96. The molecule has 0 spiro atoms. The summed E-state index contributed by atoms with van der Waals surface area (Å²) in [6.45, 7) is 6.86. The van der Waals surface area contributed by atoms with E-state index in [2.05, 4.69) is 4.72 Å². The van der Waals surface area contributed by atoms with E-state index < -0.39 is 10.0 Å². The molecule has 0 saturated carbocycles. The number of piperidine rings is 2. The molecule has 2 heterocycles. The standard InChI is InChI=1S/C27H35N3O5S/c1-3-35-23-10-8-22(9-11-23)28-36(33,34)24-12-7-20(2)25(19-24)27(32)30-17-13-21(14-18-30)26(31)29-15-5-4-6-16-29/h7-12,19,21,28H,3-6,13-18H2,1-2H3. The number of hydrogen-bond acceptors (Lipinski definition) is 5. The number of aryl methyl sites for hydroxylation is 1. The quantitative estimate of drug-likeness (QED) is 0.602. The first-order valence-corrected chi connectivity index (χ1v) is 14.2. The molecule has 8 nitrogen and oxygen atoms in total. The number of rotatable bonds is 7. The molecule has 4 rings (SSSR count). The topological polar surface area (TPSA) is 96.0 Å². The summed E-state index contributed by atoms with van der Waals surface area (Å²) in [5, 5.41) is 0. The van der Waals surface area contributed by atoms with Crippen molar-refractivity contribution in [3.8, 4) is 5.75 Å². The van der Waals surface area contributed by atoms with Gasteiger partial charge >= 0.3 is 0 Å². The predicted octanol–water partition coefficient (Wildman–Crippen LogP) is 4.06. The number of ether oxygens (including phenoxy) is 1. The minimum atomic E-state index is -3.89. The maximum Gasteiger partial charge on any atom is 0.261 e. The highest BCUT2D eigenvalue weighted by atomic mass is 32.2. The average Bonchev–Trinajstić information content (AvgIpc) is 2.90. The number of carbonyl (C=O) groups excluding carboxylic acids is 2. The molecule has 2 aliphatic heterocycles. The van der Waals surface area contributed by atoms with Crippen molar-refractivity contribution in [1.29, 1.82) is 0 Å². The Morgan fingerprint density at radius 3 is 2.25 bits per heavy atom. The highest BCUT2D eigenvalue weighted by molar-refractivity contribution is 7.92. The van der Waals surface area contributed by atoms with E-state index in [1.807, 2.05) is 11.8 Å². The van der Waals surface area contributed by atoms with Crippen LogP contribution in [-0.4, -0.2) is 62.8 Å². The number of amides is 2. The maximum atomic E-state index is 13.3. The second-order valence-corrected chi connectivity index (χ2v) is 11.2. The van der Waals surface area contributed by atoms with Gasteiger partial charge in [0, 0.05) is 43.3 Å². The third kappa shape index (κ3) is 6.00. The van der Waals surface area contributed by atoms with Crippen LogP contribution in [0.15, 0.2) is 47.4 Å². The molecule has 1 N–H and O–H groups in total. The second-order valence-electron chi connectivity index (χ2n) is 9.49. The zero-order valence-corrected chi connectivity index (χ0v) is 21.9. The first-order chi connectivity index (χ1) is 17.3. The Morgan fingerprint density at radius 2 is 1.61 bits per heavy atom. The highest BCUT2D eigenvalue weighted by Gasteiger charge is 2.31. The van der Waals surface area contributed by atoms with E-state index in [-0.39, 0.29) is 22.6 Å². The molecular formula is C27H35N3O5S. The number of nitrogens with one attached hydrogen (secondary N) is 1.